The lowest BCUT2D eigenvalue weighted by Crippen LogP contribution is -1.79. The van der Waals surface area contributed by atoms with Gasteiger partial charge in [-0.3, -0.25) is 4.79 Å². The van der Waals surface area contributed by atoms with Crippen molar-refractivity contribution in [3.63, 3.8) is 0 Å². The summed E-state index contributed by atoms with van der Waals surface area (Å²) in [6.07, 6.45) is 0.900. The third kappa shape index (κ3) is 1.16. The summed E-state index contributed by atoms with van der Waals surface area (Å²) in [7, 11) is 1.46. The maximum atomic E-state index is 10.6. The molecule has 0 radical (unpaired) electrons. The van der Waals surface area contributed by atoms with Gasteiger partial charge in [0.15, 0.2) is 11.9 Å². The standard InChI is InChI=1S/C9H7NO3/c1-12-9-10-7-4-2-3-6(5-11)8(7)13-9/h2-5H,1H3. The third-order valence-corrected chi connectivity index (χ3v) is 1.73. The number of methoxy groups -OCH3 is 1. The van der Waals surface area contributed by atoms with Crippen molar-refractivity contribution < 1.29 is 13.9 Å². The Bertz CT molecular complexity index is 447. The highest BCUT2D eigenvalue weighted by Gasteiger charge is 2.08. The Kier molecular flexibility index (Phi) is 1.73. The third-order valence-electron chi connectivity index (χ3n) is 1.73. The fourth-order valence-corrected chi connectivity index (χ4v) is 1.13. The van der Waals surface area contributed by atoms with Gasteiger partial charge in [-0.2, -0.15) is 4.98 Å². The quantitative estimate of drug-likeness (QED) is 0.654. The molecule has 0 N–H and O–H groups in total. The van der Waals surface area contributed by atoms with Gasteiger partial charge in [0.05, 0.1) is 12.7 Å². The first-order valence-electron chi connectivity index (χ1n) is 3.74. The second-order valence-corrected chi connectivity index (χ2v) is 2.50. The number of aldehydes is 1. The topological polar surface area (TPSA) is 52.3 Å². The van der Waals surface area contributed by atoms with Crippen LogP contribution in [0, 0.1) is 0 Å². The zero-order valence-electron chi connectivity index (χ0n) is 6.98. The van der Waals surface area contributed by atoms with Crippen LogP contribution in [0.25, 0.3) is 11.1 Å². The minimum absolute atomic E-state index is 0.171. The van der Waals surface area contributed by atoms with Gasteiger partial charge in [0.25, 0.3) is 0 Å². The molecular formula is C9H7NO3. The first-order valence-corrected chi connectivity index (χ1v) is 3.74. The van der Waals surface area contributed by atoms with Crippen LogP contribution in [0.2, 0.25) is 0 Å². The number of benzene rings is 1. The van der Waals surface area contributed by atoms with Crippen LogP contribution in [-0.2, 0) is 0 Å². The smallest absolute Gasteiger partial charge is 0.394 e. The number of rotatable bonds is 2. The zero-order valence-corrected chi connectivity index (χ0v) is 6.98. The Morgan fingerprint density at radius 3 is 3.08 bits per heavy atom. The van der Waals surface area contributed by atoms with Crippen molar-refractivity contribution in [2.24, 2.45) is 0 Å². The first-order chi connectivity index (χ1) is 6.35. The van der Waals surface area contributed by atoms with Gasteiger partial charge in [-0.25, -0.2) is 0 Å². The van der Waals surface area contributed by atoms with Gasteiger partial charge >= 0.3 is 6.08 Å². The summed E-state index contributed by atoms with van der Waals surface area (Å²) in [6.45, 7) is 0. The first kappa shape index (κ1) is 7.79. The lowest BCUT2D eigenvalue weighted by Gasteiger charge is -1.88. The molecule has 2 aromatic rings. The second-order valence-electron chi connectivity index (χ2n) is 2.50. The fraction of sp³-hybridized carbons (Fsp3) is 0.111. The van der Waals surface area contributed by atoms with Gasteiger partial charge in [0.2, 0.25) is 0 Å². The maximum absolute atomic E-state index is 10.6. The molecule has 13 heavy (non-hydrogen) atoms. The number of fused-ring (bicyclic) bond motifs is 1. The van der Waals surface area contributed by atoms with E-state index in [-0.39, 0.29) is 6.08 Å². The van der Waals surface area contributed by atoms with E-state index in [1.54, 1.807) is 18.2 Å². The molecule has 0 saturated carbocycles. The predicted molar refractivity (Wildman–Crippen MR) is 45.9 cm³/mol. The second kappa shape index (κ2) is 2.90. The Balaban J connectivity index is 2.74. The molecule has 0 amide bonds. The fourth-order valence-electron chi connectivity index (χ4n) is 1.13. The number of aromatic nitrogens is 1. The summed E-state index contributed by atoms with van der Waals surface area (Å²) in [5.41, 5.74) is 1.57. The van der Waals surface area contributed by atoms with E-state index < -0.39 is 0 Å². The summed E-state index contributed by atoms with van der Waals surface area (Å²) in [5.74, 6) is 0. The van der Waals surface area contributed by atoms with E-state index in [0.717, 1.165) is 6.29 Å². The molecule has 1 aromatic carbocycles. The SMILES string of the molecule is COc1nc2cccc(C=O)c2o1. The van der Waals surface area contributed by atoms with E-state index in [1.165, 1.54) is 7.11 Å². The van der Waals surface area contributed by atoms with E-state index in [2.05, 4.69) is 4.98 Å². The normalized spacial score (nSPS) is 10.2. The molecule has 4 nitrogen and oxygen atoms in total. The van der Waals surface area contributed by atoms with Crippen molar-refractivity contribution in [2.75, 3.05) is 7.11 Å². The minimum Gasteiger partial charge on any atom is -0.453 e. The maximum Gasteiger partial charge on any atom is 0.394 e. The van der Waals surface area contributed by atoms with Crippen LogP contribution in [0.5, 0.6) is 6.08 Å². The van der Waals surface area contributed by atoms with Crippen molar-refractivity contribution in [3.8, 4) is 6.08 Å². The lowest BCUT2D eigenvalue weighted by molar-refractivity contribution is 0.112. The number of para-hydroxylation sites is 1. The molecule has 0 atom stereocenters. The van der Waals surface area contributed by atoms with Crippen molar-refractivity contribution in [3.05, 3.63) is 23.8 Å². The molecule has 0 saturated heterocycles. The minimum atomic E-state index is 0.171. The van der Waals surface area contributed by atoms with E-state index in [9.17, 15) is 4.79 Å². The highest BCUT2D eigenvalue weighted by molar-refractivity contribution is 5.92. The van der Waals surface area contributed by atoms with E-state index in [1.807, 2.05) is 0 Å². The van der Waals surface area contributed by atoms with Gasteiger partial charge in [0.1, 0.15) is 5.52 Å². The average molecular weight is 177 g/mol. The predicted octanol–water partition coefficient (Wildman–Crippen LogP) is 1.65. The van der Waals surface area contributed by atoms with E-state index in [0.29, 0.717) is 16.7 Å². The highest BCUT2D eigenvalue weighted by Crippen LogP contribution is 2.22. The molecule has 0 aliphatic rings. The van der Waals surface area contributed by atoms with Crippen LogP contribution < -0.4 is 4.74 Å². The highest BCUT2D eigenvalue weighted by atomic mass is 16.6. The Morgan fingerprint density at radius 2 is 2.38 bits per heavy atom. The van der Waals surface area contributed by atoms with Gasteiger partial charge in [-0.05, 0) is 12.1 Å². The Labute approximate surface area is 74.1 Å². The number of hydrogen-bond donors (Lipinski definition) is 0. The molecule has 66 valence electrons. The van der Waals surface area contributed by atoms with Crippen molar-refractivity contribution >= 4 is 17.4 Å². The van der Waals surface area contributed by atoms with Crippen LogP contribution in [0.1, 0.15) is 10.4 Å². The monoisotopic (exact) mass is 177 g/mol. The van der Waals surface area contributed by atoms with Gasteiger partial charge in [-0.15, -0.1) is 0 Å². The number of nitrogens with zero attached hydrogens (tertiary/aromatic N) is 1. The summed E-state index contributed by atoms with van der Waals surface area (Å²) in [4.78, 5) is 14.6. The van der Waals surface area contributed by atoms with Crippen molar-refractivity contribution in [1.29, 1.82) is 0 Å². The molecule has 1 heterocycles. The van der Waals surface area contributed by atoms with Gasteiger partial charge in [0, 0.05) is 0 Å². The van der Waals surface area contributed by atoms with Crippen LogP contribution in [0.3, 0.4) is 0 Å². The summed E-state index contributed by atoms with van der Waals surface area (Å²) in [6, 6.07) is 5.17. The van der Waals surface area contributed by atoms with Crippen molar-refractivity contribution in [2.45, 2.75) is 0 Å². The molecule has 1 aromatic heterocycles. The number of carbonyl (C=O) groups is 1. The van der Waals surface area contributed by atoms with Crippen LogP contribution >= 0.6 is 0 Å². The number of hydrogen-bond acceptors (Lipinski definition) is 4. The summed E-state index contributed by atoms with van der Waals surface area (Å²) >= 11 is 0. The van der Waals surface area contributed by atoms with E-state index >= 15 is 0 Å². The van der Waals surface area contributed by atoms with Gasteiger partial charge < -0.3 is 9.15 Å². The molecular weight excluding hydrogens is 170 g/mol. The molecule has 0 aliphatic heterocycles. The van der Waals surface area contributed by atoms with Crippen molar-refractivity contribution in [1.82, 2.24) is 4.98 Å². The molecule has 0 unspecified atom stereocenters. The number of carbonyl (C=O) groups excluding carboxylic acids is 1. The molecule has 0 bridgehead atoms. The molecule has 0 fully saturated rings. The van der Waals surface area contributed by atoms with Crippen LogP contribution in [0.15, 0.2) is 22.6 Å². The summed E-state index contributed by atoms with van der Waals surface area (Å²) < 4.78 is 9.98. The molecule has 0 aliphatic carbocycles. The Morgan fingerprint density at radius 1 is 1.54 bits per heavy atom. The van der Waals surface area contributed by atoms with Crippen LogP contribution in [-0.4, -0.2) is 18.4 Å². The largest absolute Gasteiger partial charge is 0.453 e. The number of oxazole rings is 1. The Hall–Kier alpha value is -1.84. The lowest BCUT2D eigenvalue weighted by atomic mass is 10.2. The van der Waals surface area contributed by atoms with E-state index in [4.69, 9.17) is 9.15 Å². The average Bonchev–Trinajstić information content (AvgIpc) is 2.59. The molecule has 4 heteroatoms. The van der Waals surface area contributed by atoms with Gasteiger partial charge in [-0.1, -0.05) is 6.07 Å². The molecule has 0 spiro atoms. The number of ether oxygens (including phenoxy) is 1. The van der Waals surface area contributed by atoms with Crippen LogP contribution in [0.4, 0.5) is 0 Å². The molecule has 2 rings (SSSR count). The zero-order chi connectivity index (χ0) is 9.26. The summed E-state index contributed by atoms with van der Waals surface area (Å²) in [5, 5.41) is 0.